The van der Waals surface area contributed by atoms with Crippen LogP contribution in [-0.2, 0) is 4.74 Å². The molecule has 1 aliphatic carbocycles. The molecule has 0 N–H and O–H groups in total. The van der Waals surface area contributed by atoms with E-state index in [2.05, 4.69) is 9.72 Å². The molecule has 3 heteroatoms. The summed E-state index contributed by atoms with van der Waals surface area (Å²) in [6.07, 6.45) is 5.65. The molecule has 0 amide bonds. The Morgan fingerprint density at radius 1 is 1.62 bits per heavy atom. The Bertz CT molecular complexity index is 331. The number of esters is 1. The van der Waals surface area contributed by atoms with Gasteiger partial charge in [-0.2, -0.15) is 0 Å². The van der Waals surface area contributed by atoms with E-state index >= 15 is 0 Å². The van der Waals surface area contributed by atoms with Gasteiger partial charge in [0.15, 0.2) is 0 Å². The third kappa shape index (κ3) is 1.54. The zero-order valence-electron chi connectivity index (χ0n) is 7.49. The second kappa shape index (κ2) is 3.17. The van der Waals surface area contributed by atoms with Crippen molar-refractivity contribution in [1.82, 2.24) is 4.98 Å². The molecule has 0 radical (unpaired) electrons. The Morgan fingerprint density at radius 3 is 3.00 bits per heavy atom. The van der Waals surface area contributed by atoms with E-state index in [0.717, 1.165) is 5.56 Å². The molecule has 0 aliphatic heterocycles. The van der Waals surface area contributed by atoms with Gasteiger partial charge in [-0.3, -0.25) is 4.98 Å². The quantitative estimate of drug-likeness (QED) is 0.646. The van der Waals surface area contributed by atoms with E-state index < -0.39 is 0 Å². The van der Waals surface area contributed by atoms with Crippen molar-refractivity contribution in [3.63, 3.8) is 0 Å². The molecule has 2 rings (SSSR count). The minimum Gasteiger partial charge on any atom is -0.465 e. The van der Waals surface area contributed by atoms with Gasteiger partial charge in [-0.05, 0) is 30.4 Å². The Hall–Kier alpha value is -1.38. The fourth-order valence-corrected chi connectivity index (χ4v) is 1.44. The van der Waals surface area contributed by atoms with Gasteiger partial charge >= 0.3 is 5.97 Å². The summed E-state index contributed by atoms with van der Waals surface area (Å²) < 4.78 is 4.68. The molecule has 3 nitrogen and oxygen atoms in total. The molecule has 1 fully saturated rings. The monoisotopic (exact) mass is 177 g/mol. The fourth-order valence-electron chi connectivity index (χ4n) is 1.44. The molecular formula is C10H11NO2. The van der Waals surface area contributed by atoms with Gasteiger partial charge in [0.25, 0.3) is 0 Å². The molecule has 0 saturated heterocycles. The van der Waals surface area contributed by atoms with E-state index in [4.69, 9.17) is 0 Å². The molecule has 1 heterocycles. The van der Waals surface area contributed by atoms with E-state index in [1.807, 2.05) is 6.07 Å². The molecule has 13 heavy (non-hydrogen) atoms. The van der Waals surface area contributed by atoms with Crippen molar-refractivity contribution in [2.75, 3.05) is 7.11 Å². The van der Waals surface area contributed by atoms with Crippen molar-refractivity contribution in [2.45, 2.75) is 18.8 Å². The lowest BCUT2D eigenvalue weighted by Crippen LogP contribution is -2.05. The summed E-state index contributed by atoms with van der Waals surface area (Å²) in [4.78, 5) is 15.2. The lowest BCUT2D eigenvalue weighted by Gasteiger charge is -2.04. The Morgan fingerprint density at radius 2 is 2.38 bits per heavy atom. The van der Waals surface area contributed by atoms with E-state index in [1.54, 1.807) is 12.4 Å². The number of rotatable bonds is 2. The molecule has 1 aromatic heterocycles. The maximum Gasteiger partial charge on any atom is 0.339 e. The van der Waals surface area contributed by atoms with Crippen LogP contribution in [0, 0.1) is 0 Å². The normalized spacial score (nSPS) is 15.5. The lowest BCUT2D eigenvalue weighted by molar-refractivity contribution is 0.0599. The highest BCUT2D eigenvalue weighted by Crippen LogP contribution is 2.41. The van der Waals surface area contributed by atoms with Gasteiger partial charge in [-0.1, -0.05) is 0 Å². The molecule has 68 valence electrons. The summed E-state index contributed by atoms with van der Waals surface area (Å²) >= 11 is 0. The Balaban J connectivity index is 2.36. The molecule has 1 aromatic rings. The highest BCUT2D eigenvalue weighted by atomic mass is 16.5. The number of hydrogen-bond acceptors (Lipinski definition) is 3. The molecular weight excluding hydrogens is 166 g/mol. The summed E-state index contributed by atoms with van der Waals surface area (Å²) in [6.45, 7) is 0. The second-order valence-electron chi connectivity index (χ2n) is 3.23. The average molecular weight is 177 g/mol. The van der Waals surface area contributed by atoms with E-state index in [-0.39, 0.29) is 5.97 Å². The Labute approximate surface area is 76.7 Å². The van der Waals surface area contributed by atoms with Gasteiger partial charge in [0.05, 0.1) is 12.7 Å². The van der Waals surface area contributed by atoms with Crippen LogP contribution in [0.3, 0.4) is 0 Å². The van der Waals surface area contributed by atoms with Crippen LogP contribution in [0.4, 0.5) is 0 Å². The van der Waals surface area contributed by atoms with Gasteiger partial charge in [-0.15, -0.1) is 0 Å². The molecule has 0 aromatic carbocycles. The lowest BCUT2D eigenvalue weighted by atomic mass is 10.1. The van der Waals surface area contributed by atoms with Crippen LogP contribution in [0.1, 0.15) is 34.7 Å². The van der Waals surface area contributed by atoms with Crippen LogP contribution in [0.25, 0.3) is 0 Å². The third-order valence-electron chi connectivity index (χ3n) is 2.28. The topological polar surface area (TPSA) is 39.2 Å². The number of ether oxygens (including phenoxy) is 1. The molecule has 1 aliphatic rings. The average Bonchev–Trinajstić information content (AvgIpc) is 3.00. The van der Waals surface area contributed by atoms with Crippen LogP contribution in [0.15, 0.2) is 18.5 Å². The number of methoxy groups -OCH3 is 1. The molecule has 0 unspecified atom stereocenters. The summed E-state index contributed by atoms with van der Waals surface area (Å²) in [5.74, 6) is 0.270. The number of hydrogen-bond donors (Lipinski definition) is 0. The molecule has 0 bridgehead atoms. The van der Waals surface area contributed by atoms with Crippen LogP contribution >= 0.6 is 0 Å². The fraction of sp³-hybridized carbons (Fsp3) is 0.400. The van der Waals surface area contributed by atoms with Gasteiger partial charge in [0.1, 0.15) is 0 Å². The molecule has 0 spiro atoms. The first-order valence-electron chi connectivity index (χ1n) is 4.35. The largest absolute Gasteiger partial charge is 0.465 e. The van der Waals surface area contributed by atoms with Crippen LogP contribution in [0.5, 0.6) is 0 Å². The highest BCUT2D eigenvalue weighted by Gasteiger charge is 2.28. The summed E-state index contributed by atoms with van der Waals surface area (Å²) in [5, 5.41) is 0. The maximum atomic E-state index is 11.3. The maximum absolute atomic E-state index is 11.3. The van der Waals surface area contributed by atoms with Gasteiger partial charge < -0.3 is 4.74 Å². The standard InChI is InChI=1S/C10H11NO2/c1-13-10(12)9-6-11-5-4-8(9)7-2-3-7/h4-7H,2-3H2,1H3. The minimum absolute atomic E-state index is 0.282. The predicted octanol–water partition coefficient (Wildman–Crippen LogP) is 1.75. The summed E-state index contributed by atoms with van der Waals surface area (Å²) in [5.41, 5.74) is 1.70. The van der Waals surface area contributed by atoms with E-state index in [9.17, 15) is 4.79 Å². The van der Waals surface area contributed by atoms with Gasteiger partial charge in [0.2, 0.25) is 0 Å². The zero-order valence-corrected chi connectivity index (χ0v) is 7.49. The van der Waals surface area contributed by atoms with E-state index in [0.29, 0.717) is 11.5 Å². The van der Waals surface area contributed by atoms with Crippen molar-refractivity contribution >= 4 is 5.97 Å². The highest BCUT2D eigenvalue weighted by molar-refractivity contribution is 5.90. The molecule has 1 saturated carbocycles. The first-order chi connectivity index (χ1) is 6.33. The van der Waals surface area contributed by atoms with Crippen molar-refractivity contribution in [3.8, 4) is 0 Å². The van der Waals surface area contributed by atoms with Gasteiger partial charge in [-0.25, -0.2) is 4.79 Å². The minimum atomic E-state index is -0.282. The smallest absolute Gasteiger partial charge is 0.339 e. The van der Waals surface area contributed by atoms with Crippen LogP contribution < -0.4 is 0 Å². The zero-order chi connectivity index (χ0) is 9.26. The Kier molecular flexibility index (Phi) is 2.00. The van der Waals surface area contributed by atoms with Gasteiger partial charge in [0, 0.05) is 12.4 Å². The predicted molar refractivity (Wildman–Crippen MR) is 47.6 cm³/mol. The number of carbonyl (C=O) groups excluding carboxylic acids is 1. The van der Waals surface area contributed by atoms with Crippen LogP contribution in [-0.4, -0.2) is 18.1 Å². The molecule has 0 atom stereocenters. The summed E-state index contributed by atoms with van der Waals surface area (Å²) in [6, 6.07) is 1.91. The first kappa shape index (κ1) is 8.23. The van der Waals surface area contributed by atoms with Crippen LogP contribution in [0.2, 0.25) is 0 Å². The van der Waals surface area contributed by atoms with Crippen molar-refractivity contribution in [1.29, 1.82) is 0 Å². The third-order valence-corrected chi connectivity index (χ3v) is 2.28. The number of carbonyl (C=O) groups is 1. The SMILES string of the molecule is COC(=O)c1cnccc1C1CC1. The van der Waals surface area contributed by atoms with Crippen molar-refractivity contribution in [3.05, 3.63) is 29.6 Å². The number of nitrogens with zero attached hydrogens (tertiary/aromatic N) is 1. The first-order valence-corrected chi connectivity index (χ1v) is 4.35. The van der Waals surface area contributed by atoms with Crippen molar-refractivity contribution in [2.24, 2.45) is 0 Å². The summed E-state index contributed by atoms with van der Waals surface area (Å²) in [7, 11) is 1.39. The second-order valence-corrected chi connectivity index (χ2v) is 3.23. The van der Waals surface area contributed by atoms with Crippen molar-refractivity contribution < 1.29 is 9.53 Å². The number of pyridine rings is 1. The van der Waals surface area contributed by atoms with E-state index in [1.165, 1.54) is 20.0 Å². The number of aromatic nitrogens is 1.